The van der Waals surface area contributed by atoms with E-state index in [-0.39, 0.29) is 6.42 Å². The minimum atomic E-state index is -1.02. The summed E-state index contributed by atoms with van der Waals surface area (Å²) in [5, 5.41) is 2.48. The summed E-state index contributed by atoms with van der Waals surface area (Å²) in [6, 6.07) is 2.39. The first-order valence-electron chi connectivity index (χ1n) is 6.45. The van der Waals surface area contributed by atoms with Gasteiger partial charge >= 0.3 is 0 Å². The van der Waals surface area contributed by atoms with Crippen LogP contribution in [0.5, 0.6) is 0 Å². The highest BCUT2D eigenvalue weighted by atomic mass is 19.2. The van der Waals surface area contributed by atoms with Crippen molar-refractivity contribution in [2.75, 3.05) is 0 Å². The van der Waals surface area contributed by atoms with Crippen molar-refractivity contribution in [1.29, 1.82) is 0 Å². The summed E-state index contributed by atoms with van der Waals surface area (Å²) in [7, 11) is 0. The molecule has 6 heteroatoms. The Kier molecular flexibility index (Phi) is 6.02. The molecule has 1 aromatic carbocycles. The molecule has 2 amide bonds. The lowest BCUT2D eigenvalue weighted by atomic mass is 10.1. The van der Waals surface area contributed by atoms with Crippen molar-refractivity contribution in [3.8, 4) is 0 Å². The maximum Gasteiger partial charge on any atom is 0.240 e. The van der Waals surface area contributed by atoms with Crippen LogP contribution >= 0.6 is 0 Å². The van der Waals surface area contributed by atoms with E-state index < -0.39 is 29.5 Å². The molecule has 0 saturated carbocycles. The summed E-state index contributed by atoms with van der Waals surface area (Å²) in [5.41, 5.74) is 6.53. The van der Waals surface area contributed by atoms with Gasteiger partial charge in [-0.05, 0) is 38.0 Å². The van der Waals surface area contributed by atoms with Gasteiger partial charge < -0.3 is 11.1 Å². The number of carbonyl (C=O) groups is 2. The molecule has 0 spiro atoms. The van der Waals surface area contributed by atoms with Gasteiger partial charge in [-0.25, -0.2) is 8.78 Å². The molecule has 0 aliphatic rings. The zero-order valence-corrected chi connectivity index (χ0v) is 12.0. The number of hydrogen-bond donors (Lipinski definition) is 2. The van der Waals surface area contributed by atoms with Gasteiger partial charge in [0.2, 0.25) is 11.8 Å². The smallest absolute Gasteiger partial charge is 0.240 e. The highest BCUT2D eigenvalue weighted by molar-refractivity contribution is 5.87. The van der Waals surface area contributed by atoms with Crippen molar-refractivity contribution < 1.29 is 18.4 Å². The fourth-order valence-electron chi connectivity index (χ4n) is 1.68. The summed E-state index contributed by atoms with van der Waals surface area (Å²) in [6.07, 6.45) is 1.92. The Morgan fingerprint density at radius 3 is 2.48 bits per heavy atom. The van der Waals surface area contributed by atoms with E-state index in [1.165, 1.54) is 6.07 Å². The normalized spacial score (nSPS) is 11.6. The van der Waals surface area contributed by atoms with E-state index in [4.69, 9.17) is 5.73 Å². The number of amides is 2. The van der Waals surface area contributed by atoms with Crippen LogP contribution in [0, 0.1) is 11.6 Å². The van der Waals surface area contributed by atoms with Crippen molar-refractivity contribution >= 4 is 11.8 Å². The van der Waals surface area contributed by atoms with E-state index in [1.54, 1.807) is 6.08 Å². The zero-order chi connectivity index (χ0) is 16.0. The van der Waals surface area contributed by atoms with Gasteiger partial charge in [0, 0.05) is 0 Å². The molecule has 3 N–H and O–H groups in total. The van der Waals surface area contributed by atoms with Crippen LogP contribution in [-0.4, -0.2) is 17.9 Å². The molecule has 114 valence electrons. The Hall–Kier alpha value is -2.24. The fourth-order valence-corrected chi connectivity index (χ4v) is 1.68. The maximum atomic E-state index is 13.0. The lowest BCUT2D eigenvalue weighted by Crippen LogP contribution is -2.44. The van der Waals surface area contributed by atoms with Crippen LogP contribution in [0.15, 0.2) is 29.8 Å². The summed E-state index contributed by atoms with van der Waals surface area (Å²) in [4.78, 5) is 23.1. The van der Waals surface area contributed by atoms with Crippen LogP contribution in [0.4, 0.5) is 8.78 Å². The van der Waals surface area contributed by atoms with E-state index in [9.17, 15) is 18.4 Å². The Balaban J connectivity index is 2.67. The van der Waals surface area contributed by atoms with Gasteiger partial charge in [-0.2, -0.15) is 0 Å². The van der Waals surface area contributed by atoms with Crippen LogP contribution in [0.25, 0.3) is 0 Å². The zero-order valence-electron chi connectivity index (χ0n) is 12.0. The van der Waals surface area contributed by atoms with Crippen molar-refractivity contribution in [1.82, 2.24) is 5.32 Å². The Labute approximate surface area is 122 Å². The number of nitrogens with one attached hydrogen (secondary N) is 1. The highest BCUT2D eigenvalue weighted by Crippen LogP contribution is 2.09. The summed E-state index contributed by atoms with van der Waals surface area (Å²) in [5.74, 6) is -3.12. The lowest BCUT2D eigenvalue weighted by molar-refractivity contribution is -0.126. The minimum Gasteiger partial charge on any atom is -0.368 e. The van der Waals surface area contributed by atoms with Crippen molar-refractivity contribution in [3.05, 3.63) is 47.0 Å². The van der Waals surface area contributed by atoms with Gasteiger partial charge in [-0.3, -0.25) is 9.59 Å². The number of carbonyl (C=O) groups excluding carboxylic acids is 2. The van der Waals surface area contributed by atoms with E-state index in [1.807, 2.05) is 13.8 Å². The molecule has 0 aromatic heterocycles. The molecular weight excluding hydrogens is 278 g/mol. The van der Waals surface area contributed by atoms with Gasteiger partial charge in [0.05, 0.1) is 6.42 Å². The predicted octanol–water partition coefficient (Wildman–Crippen LogP) is 1.83. The first kappa shape index (κ1) is 16.8. The third-order valence-electron chi connectivity index (χ3n) is 2.79. The summed E-state index contributed by atoms with van der Waals surface area (Å²) in [6.45, 7) is 3.72. The summed E-state index contributed by atoms with van der Waals surface area (Å²) < 4.78 is 25.8. The topological polar surface area (TPSA) is 72.2 Å². The van der Waals surface area contributed by atoms with Crippen molar-refractivity contribution in [3.63, 3.8) is 0 Å². The van der Waals surface area contributed by atoms with E-state index in [2.05, 4.69) is 5.32 Å². The van der Waals surface area contributed by atoms with Crippen molar-refractivity contribution in [2.24, 2.45) is 5.73 Å². The van der Waals surface area contributed by atoms with Gasteiger partial charge in [0.1, 0.15) is 6.04 Å². The van der Waals surface area contributed by atoms with Crippen LogP contribution in [0.3, 0.4) is 0 Å². The molecule has 0 fully saturated rings. The predicted molar refractivity (Wildman–Crippen MR) is 75.2 cm³/mol. The molecule has 0 aliphatic heterocycles. The van der Waals surface area contributed by atoms with Gasteiger partial charge in [-0.1, -0.05) is 17.7 Å². The quantitative estimate of drug-likeness (QED) is 0.786. The van der Waals surface area contributed by atoms with Gasteiger partial charge in [-0.15, -0.1) is 0 Å². The molecule has 0 aliphatic carbocycles. The van der Waals surface area contributed by atoms with Gasteiger partial charge in [0.25, 0.3) is 0 Å². The molecule has 0 saturated heterocycles. The molecule has 1 atom stereocenters. The Morgan fingerprint density at radius 1 is 1.29 bits per heavy atom. The number of hydrogen-bond acceptors (Lipinski definition) is 2. The number of allylic oxidation sites excluding steroid dienone is 1. The number of nitrogens with two attached hydrogens (primary N) is 1. The van der Waals surface area contributed by atoms with E-state index in [0.29, 0.717) is 12.0 Å². The van der Waals surface area contributed by atoms with E-state index >= 15 is 0 Å². The first-order chi connectivity index (χ1) is 9.79. The molecule has 1 aromatic rings. The Morgan fingerprint density at radius 2 is 1.95 bits per heavy atom. The average Bonchev–Trinajstić information content (AvgIpc) is 2.38. The summed E-state index contributed by atoms with van der Waals surface area (Å²) >= 11 is 0. The van der Waals surface area contributed by atoms with Crippen LogP contribution in [-0.2, 0) is 16.0 Å². The second-order valence-corrected chi connectivity index (χ2v) is 4.96. The molecule has 0 bridgehead atoms. The molecular formula is C15H18F2N2O2. The minimum absolute atomic E-state index is 0.157. The second-order valence-electron chi connectivity index (χ2n) is 4.96. The molecule has 1 rings (SSSR count). The molecule has 21 heavy (non-hydrogen) atoms. The highest BCUT2D eigenvalue weighted by Gasteiger charge is 2.17. The monoisotopic (exact) mass is 296 g/mol. The largest absolute Gasteiger partial charge is 0.368 e. The number of benzene rings is 1. The third-order valence-corrected chi connectivity index (χ3v) is 2.79. The standard InChI is InChI=1S/C15H18F2N2O2/c1-9(2)3-6-13(15(18)21)19-14(20)8-10-4-5-11(16)12(17)7-10/h3-5,7,13H,6,8H2,1-2H3,(H2,18,21)(H,19,20)/t13-/m0/s1. The number of rotatable bonds is 6. The molecule has 0 radical (unpaired) electrons. The fraction of sp³-hybridized carbons (Fsp3) is 0.333. The first-order valence-corrected chi connectivity index (χ1v) is 6.45. The third kappa shape index (κ3) is 5.72. The average molecular weight is 296 g/mol. The number of halogens is 2. The second kappa shape index (κ2) is 7.52. The maximum absolute atomic E-state index is 13.0. The lowest BCUT2D eigenvalue weighted by Gasteiger charge is -2.14. The van der Waals surface area contributed by atoms with Crippen LogP contribution in [0.1, 0.15) is 25.8 Å². The SMILES string of the molecule is CC(C)=CC[C@H](NC(=O)Cc1ccc(F)c(F)c1)C(N)=O. The van der Waals surface area contributed by atoms with E-state index in [0.717, 1.165) is 17.7 Å². The Bertz CT molecular complexity index is 567. The molecule has 0 heterocycles. The van der Waals surface area contributed by atoms with Crippen LogP contribution in [0.2, 0.25) is 0 Å². The number of primary amides is 1. The van der Waals surface area contributed by atoms with Crippen LogP contribution < -0.4 is 11.1 Å². The molecule has 0 unspecified atom stereocenters. The molecule has 4 nitrogen and oxygen atoms in total. The van der Waals surface area contributed by atoms with Gasteiger partial charge in [0.15, 0.2) is 11.6 Å². The van der Waals surface area contributed by atoms with Crippen molar-refractivity contribution in [2.45, 2.75) is 32.7 Å².